The standard InChI is InChI=1S/C13H12ClN3OS2/c14-10-5-1-8(2-6-10)7-19-13-17-16-12(20-13)15-11(18)9-3-4-9/h1-2,5-6,9H,3-4,7H2,(H,15,16,18). The van der Waals surface area contributed by atoms with E-state index >= 15 is 0 Å². The van der Waals surface area contributed by atoms with Crippen LogP contribution in [0.2, 0.25) is 5.02 Å². The third-order valence-corrected chi connectivity index (χ3v) is 5.16. The number of hydrogen-bond acceptors (Lipinski definition) is 5. The van der Waals surface area contributed by atoms with Gasteiger partial charge >= 0.3 is 0 Å². The van der Waals surface area contributed by atoms with Crippen LogP contribution in [0, 0.1) is 5.92 Å². The lowest BCUT2D eigenvalue weighted by molar-refractivity contribution is -0.117. The van der Waals surface area contributed by atoms with E-state index in [4.69, 9.17) is 11.6 Å². The van der Waals surface area contributed by atoms with Gasteiger partial charge in [0.2, 0.25) is 11.0 Å². The van der Waals surface area contributed by atoms with Crippen LogP contribution in [0.5, 0.6) is 0 Å². The summed E-state index contributed by atoms with van der Waals surface area (Å²) in [7, 11) is 0. The van der Waals surface area contributed by atoms with E-state index in [1.807, 2.05) is 24.3 Å². The molecule has 1 aromatic heterocycles. The molecule has 20 heavy (non-hydrogen) atoms. The van der Waals surface area contributed by atoms with Crippen molar-refractivity contribution in [3.05, 3.63) is 34.9 Å². The number of amides is 1. The van der Waals surface area contributed by atoms with Gasteiger partial charge in [0.1, 0.15) is 0 Å². The summed E-state index contributed by atoms with van der Waals surface area (Å²) >= 11 is 8.86. The summed E-state index contributed by atoms with van der Waals surface area (Å²) in [6.07, 6.45) is 1.98. The lowest BCUT2D eigenvalue weighted by atomic mass is 10.2. The normalized spacial score (nSPS) is 14.2. The van der Waals surface area contributed by atoms with Gasteiger partial charge in [0, 0.05) is 16.7 Å². The second-order valence-electron chi connectivity index (χ2n) is 4.55. The Kier molecular flexibility index (Phi) is 4.24. The maximum atomic E-state index is 11.6. The Morgan fingerprint density at radius 3 is 2.80 bits per heavy atom. The van der Waals surface area contributed by atoms with E-state index in [9.17, 15) is 4.79 Å². The molecule has 104 valence electrons. The van der Waals surface area contributed by atoms with Gasteiger partial charge in [0.15, 0.2) is 4.34 Å². The first-order chi connectivity index (χ1) is 9.70. The van der Waals surface area contributed by atoms with E-state index in [1.165, 1.54) is 16.9 Å². The molecule has 1 N–H and O–H groups in total. The molecule has 1 amide bonds. The van der Waals surface area contributed by atoms with Crippen LogP contribution in [-0.2, 0) is 10.5 Å². The second kappa shape index (κ2) is 6.11. The average molecular weight is 326 g/mol. The molecule has 3 rings (SSSR count). The minimum absolute atomic E-state index is 0.0652. The van der Waals surface area contributed by atoms with Crippen molar-refractivity contribution < 1.29 is 4.79 Å². The highest BCUT2D eigenvalue weighted by molar-refractivity contribution is 8.00. The number of nitrogens with one attached hydrogen (secondary N) is 1. The summed E-state index contributed by atoms with van der Waals surface area (Å²) in [6, 6.07) is 7.73. The fourth-order valence-corrected chi connectivity index (χ4v) is 3.43. The second-order valence-corrected chi connectivity index (χ2v) is 7.19. The van der Waals surface area contributed by atoms with Crippen molar-refractivity contribution in [3.8, 4) is 0 Å². The lowest BCUT2D eigenvalue weighted by Gasteiger charge is -1.98. The van der Waals surface area contributed by atoms with E-state index < -0.39 is 0 Å². The van der Waals surface area contributed by atoms with E-state index in [-0.39, 0.29) is 11.8 Å². The quantitative estimate of drug-likeness (QED) is 0.670. The Bertz CT molecular complexity index is 610. The van der Waals surface area contributed by atoms with Crippen LogP contribution in [0.25, 0.3) is 0 Å². The van der Waals surface area contributed by atoms with E-state index in [2.05, 4.69) is 15.5 Å². The van der Waals surface area contributed by atoms with E-state index in [0.717, 1.165) is 28.0 Å². The summed E-state index contributed by atoms with van der Waals surface area (Å²) in [5, 5.41) is 12.2. The molecule has 0 bridgehead atoms. The Hall–Kier alpha value is -1.11. The Morgan fingerprint density at radius 2 is 2.10 bits per heavy atom. The molecule has 1 aliphatic rings. The summed E-state index contributed by atoms with van der Waals surface area (Å²) in [4.78, 5) is 11.6. The van der Waals surface area contributed by atoms with Crippen molar-refractivity contribution in [1.82, 2.24) is 10.2 Å². The van der Waals surface area contributed by atoms with Gasteiger partial charge in [-0.1, -0.05) is 46.8 Å². The van der Waals surface area contributed by atoms with Gasteiger partial charge in [-0.3, -0.25) is 4.79 Å². The van der Waals surface area contributed by atoms with Crippen molar-refractivity contribution in [1.29, 1.82) is 0 Å². The molecule has 0 saturated heterocycles. The number of nitrogens with zero attached hydrogens (tertiary/aromatic N) is 2. The van der Waals surface area contributed by atoms with Crippen molar-refractivity contribution in [2.75, 3.05) is 5.32 Å². The van der Waals surface area contributed by atoms with Crippen LogP contribution in [0.1, 0.15) is 18.4 Å². The highest BCUT2D eigenvalue weighted by Crippen LogP contribution is 2.32. The lowest BCUT2D eigenvalue weighted by Crippen LogP contribution is -2.12. The van der Waals surface area contributed by atoms with Crippen molar-refractivity contribution in [2.24, 2.45) is 5.92 Å². The largest absolute Gasteiger partial charge is 0.300 e. The number of carbonyl (C=O) groups excluding carboxylic acids is 1. The van der Waals surface area contributed by atoms with Gasteiger partial charge < -0.3 is 5.32 Å². The topological polar surface area (TPSA) is 54.9 Å². The minimum Gasteiger partial charge on any atom is -0.300 e. The molecule has 0 unspecified atom stereocenters. The van der Waals surface area contributed by atoms with Crippen LogP contribution in [0.4, 0.5) is 5.13 Å². The molecule has 1 saturated carbocycles. The monoisotopic (exact) mass is 325 g/mol. The van der Waals surface area contributed by atoms with Crippen molar-refractivity contribution in [2.45, 2.75) is 22.9 Å². The molecule has 1 heterocycles. The molecule has 7 heteroatoms. The SMILES string of the molecule is O=C(Nc1nnc(SCc2ccc(Cl)cc2)s1)C1CC1. The molecule has 1 aliphatic carbocycles. The summed E-state index contributed by atoms with van der Waals surface area (Å²) in [5.41, 5.74) is 1.18. The molecule has 0 spiro atoms. The van der Waals surface area contributed by atoms with E-state index in [0.29, 0.717) is 5.13 Å². The molecule has 2 aromatic rings. The van der Waals surface area contributed by atoms with Gasteiger partial charge in [-0.2, -0.15) is 0 Å². The number of thioether (sulfide) groups is 1. The maximum absolute atomic E-state index is 11.6. The molecule has 0 radical (unpaired) electrons. The predicted molar refractivity (Wildman–Crippen MR) is 82.3 cm³/mol. The summed E-state index contributed by atoms with van der Waals surface area (Å²) < 4.78 is 0.853. The average Bonchev–Trinajstić information content (AvgIpc) is 3.20. The first-order valence-electron chi connectivity index (χ1n) is 6.22. The van der Waals surface area contributed by atoms with Crippen molar-refractivity contribution >= 4 is 45.7 Å². The molecule has 1 aromatic carbocycles. The van der Waals surface area contributed by atoms with Gasteiger partial charge in [-0.25, -0.2) is 0 Å². The smallest absolute Gasteiger partial charge is 0.229 e. The highest BCUT2D eigenvalue weighted by atomic mass is 35.5. The number of hydrogen-bond donors (Lipinski definition) is 1. The van der Waals surface area contributed by atoms with Gasteiger partial charge in [0.05, 0.1) is 0 Å². The van der Waals surface area contributed by atoms with Gasteiger partial charge in [0.25, 0.3) is 0 Å². The molecular formula is C13H12ClN3OS2. The summed E-state index contributed by atoms with van der Waals surface area (Å²) in [6.45, 7) is 0. The third kappa shape index (κ3) is 3.71. The van der Waals surface area contributed by atoms with Crippen LogP contribution >= 0.6 is 34.7 Å². The first-order valence-corrected chi connectivity index (χ1v) is 8.40. The summed E-state index contributed by atoms with van der Waals surface area (Å²) in [5.74, 6) is 1.06. The van der Waals surface area contributed by atoms with Gasteiger partial charge in [-0.05, 0) is 30.5 Å². The molecule has 4 nitrogen and oxygen atoms in total. The number of benzene rings is 1. The zero-order chi connectivity index (χ0) is 13.9. The Balaban J connectivity index is 1.54. The van der Waals surface area contributed by atoms with E-state index in [1.54, 1.807) is 11.8 Å². The van der Waals surface area contributed by atoms with Crippen LogP contribution in [0.15, 0.2) is 28.6 Å². The molecular weight excluding hydrogens is 314 g/mol. The minimum atomic E-state index is 0.0652. The first kappa shape index (κ1) is 13.9. The number of carbonyl (C=O) groups is 1. The fourth-order valence-electron chi connectivity index (χ4n) is 1.60. The predicted octanol–water partition coefficient (Wildman–Crippen LogP) is 3.83. The Labute approximate surface area is 129 Å². The fraction of sp³-hybridized carbons (Fsp3) is 0.308. The van der Waals surface area contributed by atoms with Crippen molar-refractivity contribution in [3.63, 3.8) is 0 Å². The van der Waals surface area contributed by atoms with Crippen LogP contribution < -0.4 is 5.32 Å². The molecule has 1 fully saturated rings. The van der Waals surface area contributed by atoms with Crippen LogP contribution in [-0.4, -0.2) is 16.1 Å². The number of aromatic nitrogens is 2. The Morgan fingerprint density at radius 1 is 1.35 bits per heavy atom. The number of rotatable bonds is 5. The number of anilines is 1. The third-order valence-electron chi connectivity index (χ3n) is 2.86. The molecule has 0 atom stereocenters. The van der Waals surface area contributed by atoms with Gasteiger partial charge in [-0.15, -0.1) is 10.2 Å². The molecule has 0 aliphatic heterocycles. The zero-order valence-corrected chi connectivity index (χ0v) is 12.9. The number of halogens is 1. The highest BCUT2D eigenvalue weighted by Gasteiger charge is 2.30. The zero-order valence-electron chi connectivity index (χ0n) is 10.5. The maximum Gasteiger partial charge on any atom is 0.229 e. The van der Waals surface area contributed by atoms with Crippen LogP contribution in [0.3, 0.4) is 0 Å².